The Hall–Kier alpha value is -1.48. The Morgan fingerprint density at radius 2 is 2.16 bits per heavy atom. The molecule has 1 aromatic rings. The molecule has 2 saturated heterocycles. The summed E-state index contributed by atoms with van der Waals surface area (Å²) in [5.41, 5.74) is 0.418. The number of nitrogens with zero attached hydrogens (tertiary/aromatic N) is 2. The molecule has 2 aliphatic rings. The third kappa shape index (κ3) is 4.20. The van der Waals surface area contributed by atoms with E-state index in [1.165, 1.54) is 25.7 Å². The first-order valence-corrected chi connectivity index (χ1v) is 10.1. The number of piperazine rings is 1. The molecule has 3 rings (SSSR count). The van der Waals surface area contributed by atoms with E-state index in [4.69, 9.17) is 4.74 Å². The second kappa shape index (κ2) is 7.82. The van der Waals surface area contributed by atoms with E-state index >= 15 is 0 Å². The molecule has 0 spiro atoms. The fourth-order valence-electron chi connectivity index (χ4n) is 3.52. The fraction of sp³-hybridized carbons (Fsp3) is 0.588. The van der Waals surface area contributed by atoms with Crippen molar-refractivity contribution in [3.8, 4) is 0 Å². The van der Waals surface area contributed by atoms with Crippen molar-refractivity contribution in [2.75, 3.05) is 46.4 Å². The monoisotopic (exact) mass is 367 g/mol. The predicted octanol–water partition coefficient (Wildman–Crippen LogP) is 0.532. The van der Waals surface area contributed by atoms with Gasteiger partial charge >= 0.3 is 0 Å². The molecular formula is C17H25N3O4S. The lowest BCUT2D eigenvalue weighted by Gasteiger charge is -2.37. The highest BCUT2D eigenvalue weighted by atomic mass is 32.2. The van der Waals surface area contributed by atoms with Gasteiger partial charge in [0.15, 0.2) is 0 Å². The number of benzene rings is 1. The van der Waals surface area contributed by atoms with E-state index in [2.05, 4.69) is 9.62 Å². The highest BCUT2D eigenvalue weighted by Gasteiger charge is 2.32. The zero-order valence-corrected chi connectivity index (χ0v) is 15.3. The number of ether oxygens (including phenoxy) is 1. The van der Waals surface area contributed by atoms with Gasteiger partial charge in [-0.05, 0) is 37.6 Å². The standard InChI is InChI=1S/C17H25N3O4S/c1-24-11-7-18-25(22,23)16-6-2-4-14(12-16)17(21)20-10-9-19-8-3-5-15(19)13-20/h2,4,6,12,15,18H,3,5,7-11,13H2,1H3/t15-/m1/s1. The van der Waals surface area contributed by atoms with Crippen LogP contribution in [0.1, 0.15) is 23.2 Å². The number of sulfonamides is 1. The molecule has 1 N–H and O–H groups in total. The third-order valence-electron chi connectivity index (χ3n) is 4.86. The molecule has 2 heterocycles. The van der Waals surface area contributed by atoms with Crippen molar-refractivity contribution in [1.29, 1.82) is 0 Å². The van der Waals surface area contributed by atoms with Crippen LogP contribution in [0, 0.1) is 0 Å². The second-order valence-electron chi connectivity index (χ2n) is 6.50. The molecule has 2 aliphatic heterocycles. The molecule has 1 amide bonds. The van der Waals surface area contributed by atoms with Crippen LogP contribution in [-0.2, 0) is 14.8 Å². The van der Waals surface area contributed by atoms with Crippen molar-refractivity contribution < 1.29 is 17.9 Å². The summed E-state index contributed by atoms with van der Waals surface area (Å²) in [6.45, 7) is 3.92. The van der Waals surface area contributed by atoms with Gasteiger partial charge in [0.25, 0.3) is 5.91 Å². The van der Waals surface area contributed by atoms with Crippen LogP contribution in [0.25, 0.3) is 0 Å². The van der Waals surface area contributed by atoms with E-state index in [0.717, 1.165) is 26.1 Å². The van der Waals surface area contributed by atoms with Crippen molar-refractivity contribution in [2.24, 2.45) is 0 Å². The molecule has 1 aromatic carbocycles. The van der Waals surface area contributed by atoms with Gasteiger partial charge in [-0.2, -0.15) is 0 Å². The third-order valence-corrected chi connectivity index (χ3v) is 6.32. The maximum atomic E-state index is 12.8. The Bertz CT molecular complexity index is 722. The lowest BCUT2D eigenvalue weighted by atomic mass is 10.1. The van der Waals surface area contributed by atoms with Gasteiger partial charge in [0.2, 0.25) is 10.0 Å². The van der Waals surface area contributed by atoms with Gasteiger partial charge in [-0.15, -0.1) is 0 Å². The Morgan fingerprint density at radius 3 is 2.96 bits per heavy atom. The fourth-order valence-corrected chi connectivity index (χ4v) is 4.57. The second-order valence-corrected chi connectivity index (χ2v) is 8.27. The normalized spacial score (nSPS) is 21.3. The Kier molecular flexibility index (Phi) is 5.73. The number of nitrogens with one attached hydrogen (secondary N) is 1. The summed E-state index contributed by atoms with van der Waals surface area (Å²) in [4.78, 5) is 17.2. The van der Waals surface area contributed by atoms with Crippen molar-refractivity contribution >= 4 is 15.9 Å². The largest absolute Gasteiger partial charge is 0.383 e. The molecule has 0 radical (unpaired) electrons. The molecule has 0 unspecified atom stereocenters. The van der Waals surface area contributed by atoms with E-state index in [1.807, 2.05) is 4.90 Å². The highest BCUT2D eigenvalue weighted by molar-refractivity contribution is 7.89. The molecular weight excluding hydrogens is 342 g/mol. The van der Waals surface area contributed by atoms with E-state index < -0.39 is 10.0 Å². The summed E-state index contributed by atoms with van der Waals surface area (Å²) in [5.74, 6) is -0.0968. The lowest BCUT2D eigenvalue weighted by Crippen LogP contribution is -2.52. The van der Waals surface area contributed by atoms with E-state index in [1.54, 1.807) is 12.1 Å². The minimum atomic E-state index is -3.64. The zero-order valence-electron chi connectivity index (χ0n) is 14.5. The number of carbonyl (C=O) groups excluding carboxylic acids is 1. The van der Waals surface area contributed by atoms with Crippen LogP contribution in [0.4, 0.5) is 0 Å². The van der Waals surface area contributed by atoms with Crippen molar-refractivity contribution in [3.63, 3.8) is 0 Å². The first-order valence-electron chi connectivity index (χ1n) is 8.63. The minimum Gasteiger partial charge on any atom is -0.383 e. The quantitative estimate of drug-likeness (QED) is 0.742. The highest BCUT2D eigenvalue weighted by Crippen LogP contribution is 2.23. The van der Waals surface area contributed by atoms with Crippen molar-refractivity contribution in [2.45, 2.75) is 23.8 Å². The smallest absolute Gasteiger partial charge is 0.253 e. The van der Waals surface area contributed by atoms with Gasteiger partial charge in [0.05, 0.1) is 11.5 Å². The van der Waals surface area contributed by atoms with Gasteiger partial charge in [-0.1, -0.05) is 6.07 Å². The molecule has 7 nitrogen and oxygen atoms in total. The number of carbonyl (C=O) groups is 1. The number of hydrogen-bond donors (Lipinski definition) is 1. The zero-order chi connectivity index (χ0) is 17.9. The van der Waals surface area contributed by atoms with Gasteiger partial charge in [0.1, 0.15) is 0 Å². The maximum absolute atomic E-state index is 12.8. The van der Waals surface area contributed by atoms with Crippen molar-refractivity contribution in [1.82, 2.24) is 14.5 Å². The van der Waals surface area contributed by atoms with Crippen LogP contribution in [0.2, 0.25) is 0 Å². The van der Waals surface area contributed by atoms with Crippen LogP contribution in [0.3, 0.4) is 0 Å². The summed E-state index contributed by atoms with van der Waals surface area (Å²) in [6.07, 6.45) is 2.31. The molecule has 138 valence electrons. The summed E-state index contributed by atoms with van der Waals surface area (Å²) in [5, 5.41) is 0. The molecule has 2 fully saturated rings. The Balaban J connectivity index is 1.71. The topological polar surface area (TPSA) is 78.9 Å². The number of fused-ring (bicyclic) bond motifs is 1. The first kappa shape index (κ1) is 18.3. The molecule has 0 saturated carbocycles. The molecule has 25 heavy (non-hydrogen) atoms. The van der Waals surface area contributed by atoms with Crippen LogP contribution >= 0.6 is 0 Å². The predicted molar refractivity (Wildman–Crippen MR) is 94.0 cm³/mol. The molecule has 8 heteroatoms. The maximum Gasteiger partial charge on any atom is 0.253 e. The van der Waals surface area contributed by atoms with E-state index in [9.17, 15) is 13.2 Å². The van der Waals surface area contributed by atoms with Gasteiger partial charge in [-0.3, -0.25) is 9.69 Å². The molecule has 0 aromatic heterocycles. The average Bonchev–Trinajstić information content (AvgIpc) is 3.09. The Morgan fingerprint density at radius 1 is 1.32 bits per heavy atom. The summed E-state index contributed by atoms with van der Waals surface area (Å²) >= 11 is 0. The van der Waals surface area contributed by atoms with Gasteiger partial charge in [0, 0.05) is 44.9 Å². The summed E-state index contributed by atoms with van der Waals surface area (Å²) < 4.78 is 31.9. The summed E-state index contributed by atoms with van der Waals surface area (Å²) in [6, 6.07) is 6.70. The molecule has 1 atom stereocenters. The summed E-state index contributed by atoms with van der Waals surface area (Å²) in [7, 11) is -2.13. The van der Waals surface area contributed by atoms with Gasteiger partial charge in [-0.25, -0.2) is 13.1 Å². The number of hydrogen-bond acceptors (Lipinski definition) is 5. The number of amides is 1. The lowest BCUT2D eigenvalue weighted by molar-refractivity contribution is 0.0571. The molecule has 0 bridgehead atoms. The SMILES string of the molecule is COCCNS(=O)(=O)c1cccc(C(=O)N2CCN3CCC[C@@H]3C2)c1. The number of methoxy groups -OCH3 is 1. The number of rotatable bonds is 6. The van der Waals surface area contributed by atoms with E-state index in [0.29, 0.717) is 24.8 Å². The van der Waals surface area contributed by atoms with Crippen LogP contribution in [-0.4, -0.2) is 76.6 Å². The first-order chi connectivity index (χ1) is 12.0. The van der Waals surface area contributed by atoms with Gasteiger partial charge < -0.3 is 9.64 Å². The minimum absolute atomic E-state index is 0.0968. The van der Waals surface area contributed by atoms with Crippen molar-refractivity contribution in [3.05, 3.63) is 29.8 Å². The molecule has 0 aliphatic carbocycles. The van der Waals surface area contributed by atoms with Crippen LogP contribution in [0.5, 0.6) is 0 Å². The van der Waals surface area contributed by atoms with Crippen LogP contribution < -0.4 is 4.72 Å². The van der Waals surface area contributed by atoms with E-state index in [-0.39, 0.29) is 17.3 Å². The average molecular weight is 367 g/mol. The van der Waals surface area contributed by atoms with Crippen LogP contribution in [0.15, 0.2) is 29.2 Å². The Labute approximate surface area is 149 Å².